The van der Waals surface area contributed by atoms with Crippen molar-refractivity contribution in [1.29, 1.82) is 0 Å². The molecule has 114 valence electrons. The summed E-state index contributed by atoms with van der Waals surface area (Å²) in [5.41, 5.74) is 5.24. The van der Waals surface area contributed by atoms with Crippen molar-refractivity contribution in [1.82, 2.24) is 10.2 Å². The van der Waals surface area contributed by atoms with Crippen LogP contribution in [-0.2, 0) is 9.59 Å². The maximum Gasteiger partial charge on any atom is 0.318 e. The zero-order valence-corrected chi connectivity index (χ0v) is 12.0. The Bertz CT molecular complexity index is 384. The summed E-state index contributed by atoms with van der Waals surface area (Å²) >= 11 is 0. The number of hydrogen-bond acceptors (Lipinski definition) is 3. The van der Waals surface area contributed by atoms with Crippen molar-refractivity contribution in [3.05, 3.63) is 0 Å². The maximum absolute atomic E-state index is 12.0. The van der Waals surface area contributed by atoms with Crippen LogP contribution in [0.2, 0.25) is 0 Å². The Morgan fingerprint density at radius 3 is 2.55 bits per heavy atom. The number of amides is 3. The number of hydrogen-bond donors (Lipinski definition) is 3. The predicted molar refractivity (Wildman–Crippen MR) is 72.9 cm³/mol. The average Bonchev–Trinajstić information content (AvgIpc) is 2.82. The minimum atomic E-state index is -0.924. The second-order valence-electron chi connectivity index (χ2n) is 5.60. The molecule has 3 amide bonds. The van der Waals surface area contributed by atoms with Crippen molar-refractivity contribution in [2.75, 3.05) is 13.1 Å². The molecule has 0 saturated carbocycles. The number of aliphatic carboxylic acids is 1. The van der Waals surface area contributed by atoms with Gasteiger partial charge in [-0.3, -0.25) is 9.59 Å². The molecule has 2 unspecified atom stereocenters. The van der Waals surface area contributed by atoms with Crippen LogP contribution in [0.15, 0.2) is 0 Å². The van der Waals surface area contributed by atoms with Gasteiger partial charge in [-0.15, -0.1) is 0 Å². The fourth-order valence-corrected chi connectivity index (χ4v) is 2.46. The van der Waals surface area contributed by atoms with Crippen molar-refractivity contribution in [3.8, 4) is 0 Å². The number of nitrogens with zero attached hydrogens (tertiary/aromatic N) is 1. The van der Waals surface area contributed by atoms with Crippen LogP contribution in [-0.4, -0.2) is 47.0 Å². The highest BCUT2D eigenvalue weighted by molar-refractivity contribution is 5.86. The quantitative estimate of drug-likeness (QED) is 0.655. The van der Waals surface area contributed by atoms with Gasteiger partial charge in [-0.25, -0.2) is 4.79 Å². The van der Waals surface area contributed by atoms with Crippen LogP contribution in [0.4, 0.5) is 4.79 Å². The summed E-state index contributed by atoms with van der Waals surface area (Å²) in [6.45, 7) is 4.40. The van der Waals surface area contributed by atoms with E-state index in [2.05, 4.69) is 5.32 Å². The number of likely N-dealkylation sites (tertiary alicyclic amines) is 1. The largest absolute Gasteiger partial charge is 0.481 e. The van der Waals surface area contributed by atoms with Gasteiger partial charge in [0, 0.05) is 13.1 Å². The number of carbonyl (C=O) groups excluding carboxylic acids is 2. The van der Waals surface area contributed by atoms with Crippen molar-refractivity contribution in [2.45, 2.75) is 39.2 Å². The van der Waals surface area contributed by atoms with E-state index in [-0.39, 0.29) is 12.5 Å². The summed E-state index contributed by atoms with van der Waals surface area (Å²) in [5.74, 6) is -1.83. The van der Waals surface area contributed by atoms with Gasteiger partial charge >= 0.3 is 12.0 Å². The van der Waals surface area contributed by atoms with Crippen molar-refractivity contribution < 1.29 is 19.5 Å². The smallest absolute Gasteiger partial charge is 0.318 e. The molecule has 7 heteroatoms. The Hall–Kier alpha value is -1.79. The summed E-state index contributed by atoms with van der Waals surface area (Å²) in [5, 5.41) is 11.7. The molecule has 0 spiro atoms. The van der Waals surface area contributed by atoms with Crippen LogP contribution in [0.25, 0.3) is 0 Å². The van der Waals surface area contributed by atoms with Gasteiger partial charge in [0.05, 0.1) is 5.92 Å². The summed E-state index contributed by atoms with van der Waals surface area (Å²) in [4.78, 5) is 35.7. The predicted octanol–water partition coefficient (Wildman–Crippen LogP) is 0.393. The number of nitrogens with two attached hydrogens (primary N) is 1. The van der Waals surface area contributed by atoms with Crippen LogP contribution >= 0.6 is 0 Å². The van der Waals surface area contributed by atoms with Crippen LogP contribution in [0.5, 0.6) is 0 Å². The van der Waals surface area contributed by atoms with Gasteiger partial charge < -0.3 is 21.1 Å². The fraction of sp³-hybridized carbons (Fsp3) is 0.769. The molecule has 1 fully saturated rings. The van der Waals surface area contributed by atoms with Gasteiger partial charge in [-0.2, -0.15) is 0 Å². The van der Waals surface area contributed by atoms with Crippen LogP contribution < -0.4 is 11.1 Å². The fourth-order valence-electron chi connectivity index (χ4n) is 2.46. The molecule has 2 atom stereocenters. The third kappa shape index (κ3) is 4.40. The minimum absolute atomic E-state index is 0.0638. The Morgan fingerprint density at radius 2 is 2.05 bits per heavy atom. The Labute approximate surface area is 118 Å². The van der Waals surface area contributed by atoms with Gasteiger partial charge in [0.1, 0.15) is 6.04 Å². The van der Waals surface area contributed by atoms with Gasteiger partial charge in [-0.1, -0.05) is 13.8 Å². The topological polar surface area (TPSA) is 113 Å². The molecule has 0 aromatic rings. The molecule has 7 nitrogen and oxygen atoms in total. The Morgan fingerprint density at radius 1 is 1.40 bits per heavy atom. The Balaban J connectivity index is 2.53. The van der Waals surface area contributed by atoms with Gasteiger partial charge in [0.25, 0.3) is 0 Å². The van der Waals surface area contributed by atoms with E-state index in [1.165, 1.54) is 4.90 Å². The first-order valence-electron chi connectivity index (χ1n) is 6.89. The van der Waals surface area contributed by atoms with Gasteiger partial charge in [0.15, 0.2) is 0 Å². The highest BCUT2D eigenvalue weighted by Gasteiger charge is 2.33. The monoisotopic (exact) mass is 285 g/mol. The molecule has 4 N–H and O–H groups in total. The first-order chi connectivity index (χ1) is 9.32. The van der Waals surface area contributed by atoms with Crippen molar-refractivity contribution in [2.24, 2.45) is 17.6 Å². The average molecular weight is 285 g/mol. The summed E-state index contributed by atoms with van der Waals surface area (Å²) in [6.07, 6.45) is 1.79. The molecule has 1 heterocycles. The van der Waals surface area contributed by atoms with Gasteiger partial charge in [0.2, 0.25) is 5.91 Å². The van der Waals surface area contributed by atoms with E-state index in [1.807, 2.05) is 13.8 Å². The zero-order chi connectivity index (χ0) is 15.3. The molecule has 1 saturated heterocycles. The van der Waals surface area contributed by atoms with E-state index >= 15 is 0 Å². The number of rotatable bonds is 6. The normalized spacial score (nSPS) is 19.9. The number of urea groups is 1. The molecule has 0 radical (unpaired) electrons. The maximum atomic E-state index is 12.0. The van der Waals surface area contributed by atoms with E-state index in [9.17, 15) is 14.4 Å². The van der Waals surface area contributed by atoms with Crippen LogP contribution in [0.3, 0.4) is 0 Å². The molecule has 1 rings (SSSR count). The molecule has 0 bridgehead atoms. The highest BCUT2D eigenvalue weighted by atomic mass is 16.4. The standard InChI is InChI=1S/C13H23N3O4/c1-8(2)6-9(12(18)19)7-15-13(20)16-5-3-4-10(16)11(14)17/h8-10H,3-7H2,1-2H3,(H2,14,17)(H,15,20)(H,18,19). The first-order valence-corrected chi connectivity index (χ1v) is 6.89. The lowest BCUT2D eigenvalue weighted by atomic mass is 9.97. The number of carbonyl (C=O) groups is 3. The third-order valence-electron chi connectivity index (χ3n) is 3.45. The summed E-state index contributed by atoms with van der Waals surface area (Å²) < 4.78 is 0. The van der Waals surface area contributed by atoms with Gasteiger partial charge in [-0.05, 0) is 25.2 Å². The zero-order valence-electron chi connectivity index (χ0n) is 12.0. The van der Waals surface area contributed by atoms with Crippen molar-refractivity contribution >= 4 is 17.9 Å². The minimum Gasteiger partial charge on any atom is -0.481 e. The molecule has 0 aromatic carbocycles. The van der Waals surface area contributed by atoms with Crippen LogP contribution in [0, 0.1) is 11.8 Å². The molecular weight excluding hydrogens is 262 g/mol. The molecule has 1 aliphatic heterocycles. The third-order valence-corrected chi connectivity index (χ3v) is 3.45. The molecule has 0 aromatic heterocycles. The SMILES string of the molecule is CC(C)CC(CNC(=O)N1CCCC1C(N)=O)C(=O)O. The highest BCUT2D eigenvalue weighted by Crippen LogP contribution is 2.17. The number of carboxylic acid groups (broad SMARTS) is 1. The number of primary amides is 1. The van der Waals surface area contributed by atoms with E-state index in [1.54, 1.807) is 0 Å². The molecular formula is C13H23N3O4. The van der Waals surface area contributed by atoms with E-state index < -0.39 is 29.9 Å². The second kappa shape index (κ2) is 7.12. The lowest BCUT2D eigenvalue weighted by Gasteiger charge is -2.24. The first kappa shape index (κ1) is 16.3. The van der Waals surface area contributed by atoms with E-state index in [0.29, 0.717) is 19.4 Å². The lowest BCUT2D eigenvalue weighted by molar-refractivity contribution is -0.142. The number of nitrogens with one attached hydrogen (secondary N) is 1. The summed E-state index contributed by atoms with van der Waals surface area (Å²) in [6, 6.07) is -0.996. The lowest BCUT2D eigenvalue weighted by Crippen LogP contribution is -2.49. The Kier molecular flexibility index (Phi) is 5.79. The molecule has 0 aliphatic carbocycles. The molecule has 1 aliphatic rings. The van der Waals surface area contributed by atoms with E-state index in [4.69, 9.17) is 10.8 Å². The van der Waals surface area contributed by atoms with E-state index in [0.717, 1.165) is 6.42 Å². The number of carboxylic acids is 1. The molecule has 20 heavy (non-hydrogen) atoms. The second-order valence-corrected chi connectivity index (χ2v) is 5.60. The van der Waals surface area contributed by atoms with Crippen molar-refractivity contribution in [3.63, 3.8) is 0 Å². The summed E-state index contributed by atoms with van der Waals surface area (Å²) in [7, 11) is 0. The van der Waals surface area contributed by atoms with Crippen LogP contribution in [0.1, 0.15) is 33.1 Å².